The van der Waals surface area contributed by atoms with Crippen LogP contribution in [0.3, 0.4) is 0 Å². The van der Waals surface area contributed by atoms with Crippen molar-refractivity contribution in [2.75, 3.05) is 0 Å². The van der Waals surface area contributed by atoms with Crippen LogP contribution in [0.1, 0.15) is 52.9 Å². The van der Waals surface area contributed by atoms with E-state index in [0.29, 0.717) is 12.0 Å². The molecule has 0 aromatic rings. The van der Waals surface area contributed by atoms with Gasteiger partial charge in [0.05, 0.1) is 12.0 Å². The quantitative estimate of drug-likeness (QED) is 0.556. The van der Waals surface area contributed by atoms with E-state index in [-0.39, 0.29) is 11.8 Å². The lowest BCUT2D eigenvalue weighted by atomic mass is 9.76. The second kappa shape index (κ2) is 4.50. The van der Waals surface area contributed by atoms with Gasteiger partial charge in [0.1, 0.15) is 0 Å². The highest BCUT2D eigenvalue weighted by molar-refractivity contribution is 5.91. The zero-order valence-corrected chi connectivity index (χ0v) is 12.4. The molecule has 2 fully saturated rings. The summed E-state index contributed by atoms with van der Waals surface area (Å²) in [5.74, 6) is 1.75. The van der Waals surface area contributed by atoms with Crippen molar-refractivity contribution in [1.82, 2.24) is 4.90 Å². The van der Waals surface area contributed by atoms with Crippen LogP contribution in [0.25, 0.3) is 0 Å². The van der Waals surface area contributed by atoms with Crippen LogP contribution < -0.4 is 0 Å². The summed E-state index contributed by atoms with van der Waals surface area (Å²) >= 11 is 0. The van der Waals surface area contributed by atoms with Crippen LogP contribution >= 0.6 is 0 Å². The van der Waals surface area contributed by atoms with Gasteiger partial charge in [0.15, 0.2) is 0 Å². The highest BCUT2D eigenvalue weighted by Gasteiger charge is 2.55. The molecular weight excluding hydrogens is 234 g/mol. The van der Waals surface area contributed by atoms with E-state index in [1.807, 2.05) is 11.8 Å². The first-order chi connectivity index (χ1) is 9.02. The van der Waals surface area contributed by atoms with E-state index in [9.17, 15) is 4.79 Å². The molecule has 3 rings (SSSR count). The van der Waals surface area contributed by atoms with Crippen LogP contribution in [0.5, 0.6) is 0 Å². The Morgan fingerprint density at radius 1 is 1.37 bits per heavy atom. The summed E-state index contributed by atoms with van der Waals surface area (Å²) in [5.41, 5.74) is 3.84. The fourth-order valence-corrected chi connectivity index (χ4v) is 4.46. The molecule has 2 aliphatic heterocycles. The first kappa shape index (κ1) is 13.0. The van der Waals surface area contributed by atoms with E-state index in [4.69, 9.17) is 0 Å². The number of fused-ring (bicyclic) bond motifs is 1. The number of allylic oxidation sites excluding steroid dienone is 1. The SMILES string of the molecule is C=C(C)[C@H]1C(=O)N2C(C)=C(CC3CCCC3)[C@H](C)[C@H]12. The topological polar surface area (TPSA) is 20.3 Å². The lowest BCUT2D eigenvalue weighted by Gasteiger charge is -2.46. The van der Waals surface area contributed by atoms with Gasteiger partial charge in [-0.05, 0) is 31.8 Å². The van der Waals surface area contributed by atoms with Crippen molar-refractivity contribution in [3.63, 3.8) is 0 Å². The smallest absolute Gasteiger partial charge is 0.236 e. The van der Waals surface area contributed by atoms with Crippen molar-refractivity contribution in [1.29, 1.82) is 0 Å². The van der Waals surface area contributed by atoms with E-state index >= 15 is 0 Å². The molecule has 0 N–H and O–H groups in total. The number of carbonyl (C=O) groups is 1. The number of carbonyl (C=O) groups excluding carboxylic acids is 1. The second-order valence-corrected chi connectivity index (χ2v) is 6.78. The molecule has 104 valence electrons. The Morgan fingerprint density at radius 2 is 2.00 bits per heavy atom. The zero-order chi connectivity index (χ0) is 13.7. The molecule has 0 bridgehead atoms. The fraction of sp³-hybridized carbons (Fsp3) is 0.706. The van der Waals surface area contributed by atoms with Crippen molar-refractivity contribution in [3.8, 4) is 0 Å². The van der Waals surface area contributed by atoms with Gasteiger partial charge in [0.25, 0.3) is 0 Å². The lowest BCUT2D eigenvalue weighted by Crippen LogP contribution is -2.59. The largest absolute Gasteiger partial charge is 0.311 e. The molecule has 0 spiro atoms. The number of hydrogen-bond donors (Lipinski definition) is 0. The summed E-state index contributed by atoms with van der Waals surface area (Å²) in [6.45, 7) is 10.5. The predicted octanol–water partition coefficient (Wildman–Crippen LogP) is 3.89. The number of hydrogen-bond acceptors (Lipinski definition) is 1. The number of nitrogens with zero attached hydrogens (tertiary/aromatic N) is 1. The molecule has 1 saturated carbocycles. The van der Waals surface area contributed by atoms with Crippen LogP contribution in [0.4, 0.5) is 0 Å². The van der Waals surface area contributed by atoms with Gasteiger partial charge in [-0.15, -0.1) is 0 Å². The standard InChI is InChI=1S/C17H25NO/c1-10(2)15-16-11(3)14(9-13-7-5-6-8-13)12(4)18(16)17(15)19/h11,13,15-16H,1,5-9H2,2-4H3/t11-,15+,16+/m0/s1. The van der Waals surface area contributed by atoms with Crippen molar-refractivity contribution in [2.45, 2.75) is 58.9 Å². The van der Waals surface area contributed by atoms with Crippen molar-refractivity contribution < 1.29 is 4.79 Å². The Balaban J connectivity index is 1.80. The third-order valence-electron chi connectivity index (χ3n) is 5.55. The van der Waals surface area contributed by atoms with E-state index < -0.39 is 0 Å². The summed E-state index contributed by atoms with van der Waals surface area (Å²) in [4.78, 5) is 14.3. The molecule has 0 unspecified atom stereocenters. The number of rotatable bonds is 3. The molecule has 2 nitrogen and oxygen atoms in total. The van der Waals surface area contributed by atoms with Crippen LogP contribution in [0.2, 0.25) is 0 Å². The van der Waals surface area contributed by atoms with Gasteiger partial charge in [-0.25, -0.2) is 0 Å². The third kappa shape index (κ3) is 1.79. The van der Waals surface area contributed by atoms with E-state index in [1.54, 1.807) is 5.57 Å². The predicted molar refractivity (Wildman–Crippen MR) is 77.4 cm³/mol. The zero-order valence-electron chi connectivity index (χ0n) is 12.4. The third-order valence-corrected chi connectivity index (χ3v) is 5.55. The summed E-state index contributed by atoms with van der Waals surface area (Å²) in [6.07, 6.45) is 6.77. The number of amides is 1. The van der Waals surface area contributed by atoms with Gasteiger partial charge in [-0.2, -0.15) is 0 Å². The van der Waals surface area contributed by atoms with Gasteiger partial charge < -0.3 is 4.90 Å². The average molecular weight is 259 g/mol. The Hall–Kier alpha value is -1.05. The maximum Gasteiger partial charge on any atom is 0.236 e. The monoisotopic (exact) mass is 259 g/mol. The first-order valence-electron chi connectivity index (χ1n) is 7.70. The molecule has 0 radical (unpaired) electrons. The molecule has 3 atom stereocenters. The summed E-state index contributed by atoms with van der Waals surface area (Å²) in [5, 5.41) is 0. The molecule has 0 aromatic heterocycles. The maximum absolute atomic E-state index is 12.3. The van der Waals surface area contributed by atoms with E-state index in [2.05, 4.69) is 20.4 Å². The second-order valence-electron chi connectivity index (χ2n) is 6.78. The normalized spacial score (nSPS) is 34.8. The van der Waals surface area contributed by atoms with Gasteiger partial charge in [0.2, 0.25) is 5.91 Å². The molecule has 19 heavy (non-hydrogen) atoms. The summed E-state index contributed by atoms with van der Waals surface area (Å²) in [6, 6.07) is 0.376. The van der Waals surface area contributed by atoms with Crippen LogP contribution in [0.15, 0.2) is 23.4 Å². The van der Waals surface area contributed by atoms with Gasteiger partial charge >= 0.3 is 0 Å². The molecule has 2 heterocycles. The molecule has 0 aromatic carbocycles. The van der Waals surface area contributed by atoms with Crippen LogP contribution in [-0.4, -0.2) is 16.8 Å². The molecule has 1 saturated heterocycles. The Kier molecular flexibility index (Phi) is 3.07. The highest BCUT2D eigenvalue weighted by Crippen LogP contribution is 2.50. The average Bonchev–Trinajstić information content (AvgIpc) is 2.89. The summed E-state index contributed by atoms with van der Waals surface area (Å²) < 4.78 is 0. The summed E-state index contributed by atoms with van der Waals surface area (Å²) in [7, 11) is 0. The fourth-order valence-electron chi connectivity index (χ4n) is 4.46. The van der Waals surface area contributed by atoms with Crippen LogP contribution in [-0.2, 0) is 4.79 Å². The first-order valence-corrected chi connectivity index (χ1v) is 7.70. The minimum absolute atomic E-state index is 0.0750. The van der Waals surface area contributed by atoms with Gasteiger partial charge in [0, 0.05) is 11.6 Å². The lowest BCUT2D eigenvalue weighted by molar-refractivity contribution is -0.149. The number of β-lactam (4-membered cyclic amide) rings is 1. The minimum Gasteiger partial charge on any atom is -0.311 e. The molecule has 2 heteroatoms. The van der Waals surface area contributed by atoms with Crippen molar-refractivity contribution >= 4 is 5.91 Å². The molecule has 3 aliphatic rings. The van der Waals surface area contributed by atoms with E-state index in [0.717, 1.165) is 11.5 Å². The minimum atomic E-state index is 0.0750. The highest BCUT2D eigenvalue weighted by atomic mass is 16.2. The maximum atomic E-state index is 12.3. The Morgan fingerprint density at radius 3 is 2.58 bits per heavy atom. The van der Waals surface area contributed by atoms with Gasteiger partial charge in [-0.3, -0.25) is 4.79 Å². The molecular formula is C17H25NO. The Bertz CT molecular complexity index is 456. The van der Waals surface area contributed by atoms with Gasteiger partial charge in [-0.1, -0.05) is 44.8 Å². The molecule has 1 amide bonds. The van der Waals surface area contributed by atoms with Crippen molar-refractivity contribution in [3.05, 3.63) is 23.4 Å². The molecule has 1 aliphatic carbocycles. The van der Waals surface area contributed by atoms with Crippen LogP contribution in [0, 0.1) is 17.8 Å². The Labute approximate surface area is 116 Å². The van der Waals surface area contributed by atoms with Crippen molar-refractivity contribution in [2.24, 2.45) is 17.8 Å². The van der Waals surface area contributed by atoms with E-state index in [1.165, 1.54) is 37.8 Å².